The van der Waals surface area contributed by atoms with Gasteiger partial charge < -0.3 is 20.7 Å². The van der Waals surface area contributed by atoms with E-state index in [1.807, 2.05) is 19.1 Å². The summed E-state index contributed by atoms with van der Waals surface area (Å²) >= 11 is 0. The van der Waals surface area contributed by atoms with E-state index >= 15 is 0 Å². The Bertz CT molecular complexity index is 626. The Hall–Kier alpha value is -1.84. The molecule has 0 saturated carbocycles. The summed E-state index contributed by atoms with van der Waals surface area (Å²) in [7, 11) is 1.43. The molecule has 7 nitrogen and oxygen atoms in total. The van der Waals surface area contributed by atoms with Crippen LogP contribution in [0.5, 0.6) is 0 Å². The van der Waals surface area contributed by atoms with E-state index in [1.165, 1.54) is 7.11 Å². The number of aliphatic imine (C=N–C) groups is 1. The van der Waals surface area contributed by atoms with Gasteiger partial charge in [0.1, 0.15) is 0 Å². The van der Waals surface area contributed by atoms with Crippen molar-refractivity contribution in [2.24, 2.45) is 16.6 Å². The molecule has 1 aliphatic heterocycles. The molecule has 26 heavy (non-hydrogen) atoms. The van der Waals surface area contributed by atoms with E-state index in [-0.39, 0.29) is 35.9 Å². The van der Waals surface area contributed by atoms with E-state index in [0.717, 1.165) is 44.0 Å². The Morgan fingerprint density at radius 1 is 1.27 bits per heavy atom. The molecular formula is C18H27IN4O3. The third kappa shape index (κ3) is 6.15. The van der Waals surface area contributed by atoms with Crippen molar-refractivity contribution in [3.05, 3.63) is 35.4 Å². The summed E-state index contributed by atoms with van der Waals surface area (Å²) < 4.78 is 4.83. The van der Waals surface area contributed by atoms with E-state index in [4.69, 9.17) is 10.5 Å². The lowest BCUT2D eigenvalue weighted by Gasteiger charge is -2.33. The fraction of sp³-hybridized carbons (Fsp3) is 0.500. The van der Waals surface area contributed by atoms with Crippen LogP contribution >= 0.6 is 24.0 Å². The van der Waals surface area contributed by atoms with Crippen molar-refractivity contribution in [1.82, 2.24) is 10.2 Å². The fourth-order valence-corrected chi connectivity index (χ4v) is 2.86. The molecule has 0 aromatic heterocycles. The van der Waals surface area contributed by atoms with Crippen LogP contribution in [-0.2, 0) is 16.1 Å². The third-order valence-corrected chi connectivity index (χ3v) is 4.31. The standard InChI is InChI=1S/C18H26N4O3.HI/c1-3-20-18(22-10-8-15(9-11-22)17(24)25-2)21-12-13-4-6-14(7-5-13)16(19)23;/h4-7,15H,3,8-12H2,1-2H3,(H2,19,23)(H,20,21);1H. The van der Waals surface area contributed by atoms with Gasteiger partial charge in [0.15, 0.2) is 5.96 Å². The van der Waals surface area contributed by atoms with Gasteiger partial charge in [0.25, 0.3) is 0 Å². The minimum absolute atomic E-state index is 0. The normalized spacial score (nSPS) is 15.2. The quantitative estimate of drug-likeness (QED) is 0.294. The van der Waals surface area contributed by atoms with Crippen LogP contribution in [0.1, 0.15) is 35.7 Å². The van der Waals surface area contributed by atoms with Crippen molar-refractivity contribution in [2.75, 3.05) is 26.7 Å². The van der Waals surface area contributed by atoms with Gasteiger partial charge in [-0.2, -0.15) is 0 Å². The first-order chi connectivity index (χ1) is 12.0. The molecule has 1 saturated heterocycles. The van der Waals surface area contributed by atoms with Crippen molar-refractivity contribution in [1.29, 1.82) is 0 Å². The van der Waals surface area contributed by atoms with E-state index in [9.17, 15) is 9.59 Å². The second kappa shape index (κ2) is 11.0. The van der Waals surface area contributed by atoms with Crippen molar-refractivity contribution in [3.8, 4) is 0 Å². The molecule has 1 amide bonds. The minimum atomic E-state index is -0.433. The van der Waals surface area contributed by atoms with Crippen molar-refractivity contribution in [2.45, 2.75) is 26.3 Å². The monoisotopic (exact) mass is 474 g/mol. The smallest absolute Gasteiger partial charge is 0.308 e. The van der Waals surface area contributed by atoms with Gasteiger partial charge in [-0.1, -0.05) is 12.1 Å². The predicted molar refractivity (Wildman–Crippen MR) is 112 cm³/mol. The molecule has 8 heteroatoms. The second-order valence-corrected chi connectivity index (χ2v) is 6.02. The highest BCUT2D eigenvalue weighted by Gasteiger charge is 2.26. The summed E-state index contributed by atoms with van der Waals surface area (Å²) in [5, 5.41) is 3.30. The number of carbonyl (C=O) groups excluding carboxylic acids is 2. The zero-order valence-corrected chi connectivity index (χ0v) is 17.6. The maximum Gasteiger partial charge on any atom is 0.308 e. The molecular weight excluding hydrogens is 447 g/mol. The first kappa shape index (κ1) is 22.2. The number of ether oxygens (including phenoxy) is 1. The van der Waals surface area contributed by atoms with Gasteiger partial charge in [0.2, 0.25) is 5.91 Å². The van der Waals surface area contributed by atoms with Crippen LogP contribution in [0.3, 0.4) is 0 Å². The highest BCUT2D eigenvalue weighted by Crippen LogP contribution is 2.18. The summed E-state index contributed by atoms with van der Waals surface area (Å²) in [6, 6.07) is 7.14. The zero-order chi connectivity index (χ0) is 18.2. The number of hydrogen-bond donors (Lipinski definition) is 2. The summed E-state index contributed by atoms with van der Waals surface area (Å²) in [5.41, 5.74) is 6.74. The van der Waals surface area contributed by atoms with Gasteiger partial charge in [-0.25, -0.2) is 4.99 Å². The summed E-state index contributed by atoms with van der Waals surface area (Å²) in [4.78, 5) is 29.6. The molecule has 2 rings (SSSR count). The van der Waals surface area contributed by atoms with Crippen LogP contribution in [-0.4, -0.2) is 49.5 Å². The maximum absolute atomic E-state index is 11.6. The number of methoxy groups -OCH3 is 1. The van der Waals surface area contributed by atoms with Crippen LogP contribution in [0, 0.1) is 5.92 Å². The third-order valence-electron chi connectivity index (χ3n) is 4.31. The highest BCUT2D eigenvalue weighted by molar-refractivity contribution is 14.0. The van der Waals surface area contributed by atoms with Crippen LogP contribution in [0.25, 0.3) is 0 Å². The molecule has 0 bridgehead atoms. The van der Waals surface area contributed by atoms with Crippen molar-refractivity contribution in [3.63, 3.8) is 0 Å². The largest absolute Gasteiger partial charge is 0.469 e. The van der Waals surface area contributed by atoms with Gasteiger partial charge in [0.05, 0.1) is 19.6 Å². The summed E-state index contributed by atoms with van der Waals surface area (Å²) in [6.45, 7) is 4.85. The van der Waals surface area contributed by atoms with E-state index in [2.05, 4.69) is 15.2 Å². The predicted octanol–water partition coefficient (Wildman–Crippen LogP) is 1.75. The van der Waals surface area contributed by atoms with Gasteiger partial charge in [0, 0.05) is 25.2 Å². The van der Waals surface area contributed by atoms with Crippen LogP contribution in [0.2, 0.25) is 0 Å². The Kier molecular flexibility index (Phi) is 9.39. The van der Waals surface area contributed by atoms with E-state index in [0.29, 0.717) is 12.1 Å². The number of guanidine groups is 1. The van der Waals surface area contributed by atoms with Crippen molar-refractivity contribution >= 4 is 41.8 Å². The molecule has 1 aliphatic rings. The molecule has 0 radical (unpaired) electrons. The summed E-state index contributed by atoms with van der Waals surface area (Å²) in [5.74, 6) is 0.253. The number of primary amides is 1. The number of halogens is 1. The average Bonchev–Trinajstić information content (AvgIpc) is 2.65. The number of piperidine rings is 1. The summed E-state index contributed by atoms with van der Waals surface area (Å²) in [6.07, 6.45) is 1.54. The SMILES string of the molecule is CCNC(=NCc1ccc(C(N)=O)cc1)N1CCC(C(=O)OC)CC1.I. The molecule has 1 aromatic rings. The number of likely N-dealkylation sites (tertiary alicyclic amines) is 1. The highest BCUT2D eigenvalue weighted by atomic mass is 127. The molecule has 144 valence electrons. The molecule has 0 spiro atoms. The second-order valence-electron chi connectivity index (χ2n) is 6.02. The number of nitrogens with two attached hydrogens (primary N) is 1. The van der Waals surface area contributed by atoms with Crippen LogP contribution in [0.15, 0.2) is 29.3 Å². The zero-order valence-electron chi connectivity index (χ0n) is 15.2. The minimum Gasteiger partial charge on any atom is -0.469 e. The van der Waals surface area contributed by atoms with E-state index in [1.54, 1.807) is 12.1 Å². The fourth-order valence-electron chi connectivity index (χ4n) is 2.86. The van der Waals surface area contributed by atoms with Gasteiger partial charge >= 0.3 is 5.97 Å². The number of hydrogen-bond acceptors (Lipinski definition) is 4. The van der Waals surface area contributed by atoms with Crippen LogP contribution < -0.4 is 11.1 Å². The lowest BCUT2D eigenvalue weighted by atomic mass is 9.97. The lowest BCUT2D eigenvalue weighted by molar-refractivity contribution is -0.146. The Balaban J connectivity index is 0.00000338. The maximum atomic E-state index is 11.6. The van der Waals surface area contributed by atoms with Gasteiger partial charge in [-0.05, 0) is 37.5 Å². The molecule has 0 unspecified atom stereocenters. The Morgan fingerprint density at radius 3 is 2.38 bits per heavy atom. The number of benzene rings is 1. The molecule has 0 atom stereocenters. The molecule has 0 aliphatic carbocycles. The first-order valence-electron chi connectivity index (χ1n) is 8.55. The van der Waals surface area contributed by atoms with Gasteiger partial charge in [-0.15, -0.1) is 24.0 Å². The molecule has 1 aromatic carbocycles. The molecule has 1 fully saturated rings. The van der Waals surface area contributed by atoms with Crippen LogP contribution in [0.4, 0.5) is 0 Å². The van der Waals surface area contributed by atoms with Gasteiger partial charge in [-0.3, -0.25) is 9.59 Å². The first-order valence-corrected chi connectivity index (χ1v) is 8.55. The number of rotatable bonds is 5. The Morgan fingerprint density at radius 2 is 1.88 bits per heavy atom. The molecule has 3 N–H and O–H groups in total. The van der Waals surface area contributed by atoms with E-state index < -0.39 is 5.91 Å². The number of esters is 1. The molecule has 1 heterocycles. The number of amides is 1. The lowest BCUT2D eigenvalue weighted by Crippen LogP contribution is -2.46. The number of nitrogens with one attached hydrogen (secondary N) is 1. The van der Waals surface area contributed by atoms with Crippen molar-refractivity contribution < 1.29 is 14.3 Å². The topological polar surface area (TPSA) is 97.0 Å². The Labute approximate surface area is 171 Å². The number of nitrogens with zero attached hydrogens (tertiary/aromatic N) is 2. The average molecular weight is 474 g/mol. The number of carbonyl (C=O) groups is 2.